The van der Waals surface area contributed by atoms with E-state index in [1.165, 1.54) is 0 Å². The molecular formula is C16H25N3O2. The van der Waals surface area contributed by atoms with Crippen LogP contribution in [-0.4, -0.2) is 24.0 Å². The van der Waals surface area contributed by atoms with Gasteiger partial charge in [-0.15, -0.1) is 0 Å². The maximum Gasteiger partial charge on any atom is 0.237 e. The lowest BCUT2D eigenvalue weighted by molar-refractivity contribution is -0.127. The van der Waals surface area contributed by atoms with Crippen LogP contribution < -0.4 is 15.8 Å². The van der Waals surface area contributed by atoms with Crippen LogP contribution in [0.3, 0.4) is 0 Å². The van der Waals surface area contributed by atoms with Crippen LogP contribution in [0, 0.1) is 17.3 Å². The van der Waals surface area contributed by atoms with Gasteiger partial charge in [-0.05, 0) is 36.3 Å². The standard InChI is InChI=1S/C16H25N3O2/c1-10-12(17)8-7-11(16(10,2)3)14(20)19-13-6-5-9-18-15(13)21-4/h5-6,9-12H,7-8,17H2,1-4H3,(H,19,20). The molecule has 5 heteroatoms. The number of ether oxygens (including phenoxy) is 1. The molecule has 0 aliphatic heterocycles. The molecule has 1 aromatic heterocycles. The molecule has 116 valence electrons. The zero-order chi connectivity index (χ0) is 15.6. The van der Waals surface area contributed by atoms with E-state index in [0.29, 0.717) is 17.5 Å². The second-order valence-corrected chi connectivity index (χ2v) is 6.45. The minimum Gasteiger partial charge on any atom is -0.480 e. The zero-order valence-electron chi connectivity index (χ0n) is 13.2. The van der Waals surface area contributed by atoms with Crippen LogP contribution in [0.25, 0.3) is 0 Å². The first-order valence-corrected chi connectivity index (χ1v) is 7.43. The average molecular weight is 291 g/mol. The maximum absolute atomic E-state index is 12.7. The molecule has 1 amide bonds. The topological polar surface area (TPSA) is 77.2 Å². The van der Waals surface area contributed by atoms with Crippen molar-refractivity contribution < 1.29 is 9.53 Å². The number of aromatic nitrogens is 1. The number of anilines is 1. The summed E-state index contributed by atoms with van der Waals surface area (Å²) in [6.07, 6.45) is 3.33. The molecule has 1 heterocycles. The summed E-state index contributed by atoms with van der Waals surface area (Å²) < 4.78 is 5.18. The van der Waals surface area contributed by atoms with Crippen molar-refractivity contribution in [1.29, 1.82) is 0 Å². The fraction of sp³-hybridized carbons (Fsp3) is 0.625. The first-order valence-electron chi connectivity index (χ1n) is 7.43. The van der Waals surface area contributed by atoms with Crippen LogP contribution in [0.2, 0.25) is 0 Å². The summed E-state index contributed by atoms with van der Waals surface area (Å²) in [5, 5.41) is 2.95. The van der Waals surface area contributed by atoms with Gasteiger partial charge < -0.3 is 15.8 Å². The Hall–Kier alpha value is -1.62. The van der Waals surface area contributed by atoms with Crippen molar-refractivity contribution in [2.24, 2.45) is 23.0 Å². The Kier molecular flexibility index (Phi) is 4.52. The first kappa shape index (κ1) is 15.8. The largest absolute Gasteiger partial charge is 0.480 e. The van der Waals surface area contributed by atoms with Gasteiger partial charge in [-0.3, -0.25) is 4.79 Å². The van der Waals surface area contributed by atoms with E-state index in [2.05, 4.69) is 31.1 Å². The number of methoxy groups -OCH3 is 1. The second-order valence-electron chi connectivity index (χ2n) is 6.45. The number of nitrogens with zero attached hydrogens (tertiary/aromatic N) is 1. The van der Waals surface area contributed by atoms with Crippen LogP contribution in [-0.2, 0) is 4.79 Å². The molecule has 0 radical (unpaired) electrons. The molecule has 0 saturated heterocycles. The second kappa shape index (κ2) is 6.02. The third-order valence-electron chi connectivity index (χ3n) is 5.04. The fourth-order valence-electron chi connectivity index (χ4n) is 3.19. The number of carbonyl (C=O) groups excluding carboxylic acids is 1. The molecule has 1 fully saturated rings. The molecule has 0 aromatic carbocycles. The van der Waals surface area contributed by atoms with E-state index in [-0.39, 0.29) is 23.3 Å². The van der Waals surface area contributed by atoms with Gasteiger partial charge in [0, 0.05) is 18.2 Å². The molecule has 1 aromatic rings. The third kappa shape index (κ3) is 3.02. The number of nitrogens with two attached hydrogens (primary N) is 1. The van der Waals surface area contributed by atoms with Crippen molar-refractivity contribution >= 4 is 11.6 Å². The number of amides is 1. The number of nitrogens with one attached hydrogen (secondary N) is 1. The van der Waals surface area contributed by atoms with Gasteiger partial charge in [0.25, 0.3) is 0 Å². The first-order chi connectivity index (χ1) is 9.87. The molecule has 2 rings (SSSR count). The molecule has 0 bridgehead atoms. The van der Waals surface area contributed by atoms with E-state index in [0.717, 1.165) is 12.8 Å². The van der Waals surface area contributed by atoms with Gasteiger partial charge in [0.2, 0.25) is 11.8 Å². The highest BCUT2D eigenvalue weighted by Crippen LogP contribution is 2.44. The van der Waals surface area contributed by atoms with E-state index in [1.807, 2.05) is 0 Å². The van der Waals surface area contributed by atoms with Crippen LogP contribution in [0.1, 0.15) is 33.6 Å². The minimum absolute atomic E-state index is 0.0186. The summed E-state index contributed by atoms with van der Waals surface area (Å²) >= 11 is 0. The third-order valence-corrected chi connectivity index (χ3v) is 5.04. The molecule has 3 atom stereocenters. The molecule has 5 nitrogen and oxygen atoms in total. The fourth-order valence-corrected chi connectivity index (χ4v) is 3.19. The molecule has 1 saturated carbocycles. The summed E-state index contributed by atoms with van der Waals surface area (Å²) in [7, 11) is 1.55. The normalized spacial score (nSPS) is 28.0. The van der Waals surface area contributed by atoms with Gasteiger partial charge in [-0.1, -0.05) is 20.8 Å². The van der Waals surface area contributed by atoms with Crippen LogP contribution in [0.4, 0.5) is 5.69 Å². The number of hydrogen-bond acceptors (Lipinski definition) is 4. The average Bonchev–Trinajstić information content (AvgIpc) is 2.45. The van der Waals surface area contributed by atoms with Gasteiger partial charge in [0.15, 0.2) is 0 Å². The highest BCUT2D eigenvalue weighted by atomic mass is 16.5. The van der Waals surface area contributed by atoms with Gasteiger partial charge in [0.1, 0.15) is 5.69 Å². The lowest BCUT2D eigenvalue weighted by atomic mass is 9.61. The molecule has 0 spiro atoms. The Morgan fingerprint density at radius 1 is 1.48 bits per heavy atom. The van der Waals surface area contributed by atoms with Gasteiger partial charge in [-0.2, -0.15) is 0 Å². The Balaban J connectivity index is 2.16. The number of pyridine rings is 1. The van der Waals surface area contributed by atoms with E-state index in [4.69, 9.17) is 10.5 Å². The highest BCUT2D eigenvalue weighted by molar-refractivity contribution is 5.94. The van der Waals surface area contributed by atoms with Gasteiger partial charge in [-0.25, -0.2) is 4.98 Å². The molecule has 3 unspecified atom stereocenters. The summed E-state index contributed by atoms with van der Waals surface area (Å²) in [6.45, 7) is 6.39. The number of carbonyl (C=O) groups is 1. The Bertz CT molecular complexity index is 516. The van der Waals surface area contributed by atoms with E-state index in [9.17, 15) is 4.79 Å². The van der Waals surface area contributed by atoms with Crippen molar-refractivity contribution in [2.45, 2.75) is 39.7 Å². The monoisotopic (exact) mass is 291 g/mol. The quantitative estimate of drug-likeness (QED) is 0.896. The summed E-state index contributed by atoms with van der Waals surface area (Å²) in [4.78, 5) is 16.8. The molecule has 1 aliphatic rings. The highest BCUT2D eigenvalue weighted by Gasteiger charge is 2.45. The summed E-state index contributed by atoms with van der Waals surface area (Å²) in [6, 6.07) is 3.74. The van der Waals surface area contributed by atoms with E-state index < -0.39 is 0 Å². The van der Waals surface area contributed by atoms with Crippen molar-refractivity contribution in [2.75, 3.05) is 12.4 Å². The Morgan fingerprint density at radius 2 is 2.19 bits per heavy atom. The summed E-state index contributed by atoms with van der Waals surface area (Å²) in [5.74, 6) is 0.698. The van der Waals surface area contributed by atoms with Gasteiger partial charge >= 0.3 is 0 Å². The van der Waals surface area contributed by atoms with Crippen LogP contribution in [0.15, 0.2) is 18.3 Å². The van der Waals surface area contributed by atoms with Crippen molar-refractivity contribution in [3.63, 3.8) is 0 Å². The van der Waals surface area contributed by atoms with Crippen molar-refractivity contribution in [3.05, 3.63) is 18.3 Å². The SMILES string of the molecule is COc1ncccc1NC(=O)C1CCC(N)C(C)C1(C)C. The predicted octanol–water partition coefficient (Wildman–Crippen LogP) is 2.43. The molecule has 1 aliphatic carbocycles. The van der Waals surface area contributed by atoms with E-state index >= 15 is 0 Å². The number of rotatable bonds is 3. The number of hydrogen-bond donors (Lipinski definition) is 2. The van der Waals surface area contributed by atoms with Crippen molar-refractivity contribution in [3.8, 4) is 5.88 Å². The predicted molar refractivity (Wildman–Crippen MR) is 83.1 cm³/mol. The van der Waals surface area contributed by atoms with Gasteiger partial charge in [0.05, 0.1) is 7.11 Å². The van der Waals surface area contributed by atoms with Crippen LogP contribution >= 0.6 is 0 Å². The van der Waals surface area contributed by atoms with E-state index in [1.54, 1.807) is 25.4 Å². The van der Waals surface area contributed by atoms with Crippen molar-refractivity contribution in [1.82, 2.24) is 4.98 Å². The van der Waals surface area contributed by atoms with Crippen LogP contribution in [0.5, 0.6) is 5.88 Å². The zero-order valence-corrected chi connectivity index (χ0v) is 13.2. The minimum atomic E-state index is -0.128. The molecular weight excluding hydrogens is 266 g/mol. The Morgan fingerprint density at radius 3 is 2.86 bits per heavy atom. The lowest BCUT2D eigenvalue weighted by Gasteiger charge is -2.46. The maximum atomic E-state index is 12.7. The molecule has 21 heavy (non-hydrogen) atoms. The summed E-state index contributed by atoms with van der Waals surface area (Å²) in [5.41, 5.74) is 6.64. The Labute approximate surface area is 126 Å². The smallest absolute Gasteiger partial charge is 0.237 e. The molecule has 3 N–H and O–H groups in total. The lowest BCUT2D eigenvalue weighted by Crippen LogP contribution is -2.50.